The van der Waals surface area contributed by atoms with Gasteiger partial charge >= 0.3 is 0 Å². The maximum atomic E-state index is 6.49. The van der Waals surface area contributed by atoms with Crippen molar-refractivity contribution < 1.29 is 28.4 Å². The molecule has 1 unspecified atom stereocenters. The Bertz CT molecular complexity index is 1480. The molecule has 0 amide bonds. The minimum absolute atomic E-state index is 0.559. The predicted octanol–water partition coefficient (Wildman–Crippen LogP) is 11.1. The number of benzene rings is 2. The second kappa shape index (κ2) is 37.4. The molecule has 3 aliphatic rings. The van der Waals surface area contributed by atoms with Gasteiger partial charge in [-0.15, -0.1) is 0 Å². The fraction of sp³-hybridized carbons (Fsp3) is 0.789. The lowest BCUT2D eigenvalue weighted by molar-refractivity contribution is 0.0367. The summed E-state index contributed by atoms with van der Waals surface area (Å²) in [4.78, 5) is 10.2. The molecule has 3 aliphatic heterocycles. The van der Waals surface area contributed by atoms with Crippen molar-refractivity contribution in [2.45, 2.75) is 150 Å². The van der Waals surface area contributed by atoms with Crippen LogP contribution in [0.2, 0.25) is 0 Å². The molecule has 0 aliphatic carbocycles. The van der Waals surface area contributed by atoms with Gasteiger partial charge in [-0.05, 0) is 164 Å². The third-order valence-corrected chi connectivity index (χ3v) is 13.7. The molecule has 5 rings (SSSR count). The number of hydrogen-bond donors (Lipinski definition) is 0. The molecule has 0 radical (unpaired) electrons. The van der Waals surface area contributed by atoms with Crippen LogP contribution in [-0.4, -0.2) is 158 Å². The molecule has 2 aromatic carbocycles. The van der Waals surface area contributed by atoms with Crippen LogP contribution in [0.4, 0.5) is 0 Å². The van der Waals surface area contributed by atoms with Crippen LogP contribution in [0.1, 0.15) is 147 Å². The van der Waals surface area contributed by atoms with Crippen LogP contribution < -0.4 is 14.2 Å². The molecule has 0 spiro atoms. The molecular weight excluding hydrogens is 837 g/mol. The number of unbranched alkanes of at least 4 members (excludes halogenated alkanes) is 9. The molecule has 10 heteroatoms. The van der Waals surface area contributed by atoms with Crippen LogP contribution >= 0.6 is 0 Å². The molecule has 384 valence electrons. The van der Waals surface area contributed by atoms with Gasteiger partial charge in [-0.25, -0.2) is 0 Å². The Kier molecular flexibility index (Phi) is 31.9. The molecule has 3 saturated heterocycles. The summed E-state index contributed by atoms with van der Waals surface area (Å²) < 4.78 is 35.4. The summed E-state index contributed by atoms with van der Waals surface area (Å²) in [6.45, 7) is 32.6. The molecule has 0 bridgehead atoms. The van der Waals surface area contributed by atoms with E-state index in [-0.39, 0.29) is 0 Å². The van der Waals surface area contributed by atoms with Crippen molar-refractivity contribution >= 4 is 0 Å². The zero-order valence-electron chi connectivity index (χ0n) is 43.9. The quantitative estimate of drug-likeness (QED) is 0.0624. The first kappa shape index (κ1) is 57.1. The number of rotatable bonds is 35. The summed E-state index contributed by atoms with van der Waals surface area (Å²) >= 11 is 0. The molecule has 0 saturated carbocycles. The van der Waals surface area contributed by atoms with Crippen LogP contribution in [-0.2, 0) is 27.1 Å². The van der Waals surface area contributed by atoms with Gasteiger partial charge in [0.15, 0.2) is 11.5 Å². The Labute approximate surface area is 411 Å². The molecule has 10 nitrogen and oxygen atoms in total. The smallest absolute Gasteiger partial charge is 0.161 e. The Morgan fingerprint density at radius 1 is 0.493 bits per heavy atom. The molecule has 1 atom stereocenters. The molecule has 3 fully saturated rings. The maximum absolute atomic E-state index is 6.49. The second-order valence-electron chi connectivity index (χ2n) is 19.7. The largest absolute Gasteiger partial charge is 0.493 e. The number of aryl methyl sites for hydroxylation is 2. The van der Waals surface area contributed by atoms with E-state index < -0.39 is 0 Å². The second-order valence-corrected chi connectivity index (χ2v) is 19.7. The summed E-state index contributed by atoms with van der Waals surface area (Å²) in [6, 6.07) is 13.4. The van der Waals surface area contributed by atoms with Crippen LogP contribution in [0.25, 0.3) is 0 Å². The van der Waals surface area contributed by atoms with E-state index in [4.69, 9.17) is 28.4 Å². The van der Waals surface area contributed by atoms with Gasteiger partial charge in [-0.3, -0.25) is 14.7 Å². The molecule has 0 N–H and O–H groups in total. The van der Waals surface area contributed by atoms with Crippen molar-refractivity contribution in [3.8, 4) is 17.2 Å². The molecule has 2 aromatic rings. The lowest BCUT2D eigenvalue weighted by atomic mass is 9.94. The fourth-order valence-corrected chi connectivity index (χ4v) is 9.29. The lowest BCUT2D eigenvalue weighted by Crippen LogP contribution is -2.36. The lowest BCUT2D eigenvalue weighted by Gasteiger charge is -2.26. The fourth-order valence-electron chi connectivity index (χ4n) is 9.29. The van der Waals surface area contributed by atoms with E-state index in [1.54, 1.807) is 0 Å². The third-order valence-electron chi connectivity index (χ3n) is 13.7. The Hall–Kier alpha value is -2.44. The Morgan fingerprint density at radius 2 is 0.955 bits per heavy atom. The number of morpholine rings is 3. The van der Waals surface area contributed by atoms with E-state index >= 15 is 0 Å². The molecular formula is C57H100N4O6. The Balaban J connectivity index is 0.000000648. The van der Waals surface area contributed by atoms with Crippen molar-refractivity contribution in [2.75, 3.05) is 138 Å². The van der Waals surface area contributed by atoms with Crippen molar-refractivity contribution in [1.82, 2.24) is 19.6 Å². The summed E-state index contributed by atoms with van der Waals surface area (Å²) in [5.74, 6) is 3.40. The number of ether oxygens (including phenoxy) is 6. The molecule has 0 aromatic heterocycles. The van der Waals surface area contributed by atoms with Gasteiger partial charge in [-0.1, -0.05) is 84.4 Å². The highest BCUT2D eigenvalue weighted by Gasteiger charge is 2.14. The van der Waals surface area contributed by atoms with Gasteiger partial charge in [0.25, 0.3) is 0 Å². The van der Waals surface area contributed by atoms with Gasteiger partial charge in [0.05, 0.1) is 59.5 Å². The van der Waals surface area contributed by atoms with Crippen LogP contribution in [0.5, 0.6) is 17.2 Å². The number of hydrogen-bond acceptors (Lipinski definition) is 10. The van der Waals surface area contributed by atoms with Gasteiger partial charge in [0.2, 0.25) is 0 Å². The van der Waals surface area contributed by atoms with Crippen molar-refractivity contribution in [1.29, 1.82) is 0 Å². The maximum Gasteiger partial charge on any atom is 0.161 e. The van der Waals surface area contributed by atoms with Gasteiger partial charge in [-0.2, -0.15) is 0 Å². The van der Waals surface area contributed by atoms with Crippen molar-refractivity contribution in [2.24, 2.45) is 5.92 Å². The van der Waals surface area contributed by atoms with Gasteiger partial charge < -0.3 is 33.3 Å². The summed E-state index contributed by atoms with van der Waals surface area (Å²) in [5, 5.41) is 0. The number of nitrogens with zero attached hydrogens (tertiary/aromatic N) is 4. The summed E-state index contributed by atoms with van der Waals surface area (Å²) in [5.41, 5.74) is 3.91. The normalized spacial score (nSPS) is 16.7. The predicted molar refractivity (Wildman–Crippen MR) is 280 cm³/mol. The monoisotopic (exact) mass is 937 g/mol. The van der Waals surface area contributed by atoms with E-state index in [0.717, 1.165) is 181 Å². The van der Waals surface area contributed by atoms with Crippen LogP contribution in [0, 0.1) is 12.8 Å². The highest BCUT2D eigenvalue weighted by atomic mass is 16.5. The topological polar surface area (TPSA) is 68.3 Å². The average molecular weight is 937 g/mol. The van der Waals surface area contributed by atoms with E-state index in [0.29, 0.717) is 5.92 Å². The van der Waals surface area contributed by atoms with Gasteiger partial charge in [0, 0.05) is 39.3 Å². The highest BCUT2D eigenvalue weighted by Crippen LogP contribution is 2.31. The van der Waals surface area contributed by atoms with E-state index in [2.05, 4.69) is 90.6 Å². The Morgan fingerprint density at radius 3 is 1.52 bits per heavy atom. The van der Waals surface area contributed by atoms with E-state index in [9.17, 15) is 0 Å². The minimum atomic E-state index is 0.559. The zero-order chi connectivity index (χ0) is 47.4. The first-order valence-electron chi connectivity index (χ1n) is 27.7. The van der Waals surface area contributed by atoms with E-state index in [1.165, 1.54) is 107 Å². The summed E-state index contributed by atoms with van der Waals surface area (Å²) in [6.07, 6.45) is 22.0. The summed E-state index contributed by atoms with van der Waals surface area (Å²) in [7, 11) is 0. The average Bonchev–Trinajstić information content (AvgIpc) is 3.35. The molecule has 3 heterocycles. The SMILES string of the molecule is CCCCCCCN1CCOCC1.CCCCCN(CCC)CCCCOc1cc(CCC(C)Cc2ccc(C)c(OCCCCN3CCOCC3)c2)ccc1OCCCCN1CCOCC1. The van der Waals surface area contributed by atoms with Crippen LogP contribution in [0.3, 0.4) is 0 Å². The van der Waals surface area contributed by atoms with Crippen molar-refractivity contribution in [3.63, 3.8) is 0 Å². The van der Waals surface area contributed by atoms with Crippen molar-refractivity contribution in [3.05, 3.63) is 53.1 Å². The third kappa shape index (κ3) is 26.4. The van der Waals surface area contributed by atoms with E-state index in [1.807, 2.05) is 0 Å². The van der Waals surface area contributed by atoms with Gasteiger partial charge in [0.1, 0.15) is 5.75 Å². The first-order valence-corrected chi connectivity index (χ1v) is 27.7. The zero-order valence-corrected chi connectivity index (χ0v) is 43.9. The highest BCUT2D eigenvalue weighted by molar-refractivity contribution is 5.43. The first-order chi connectivity index (χ1) is 33.0. The van der Waals surface area contributed by atoms with Crippen LogP contribution in [0.15, 0.2) is 36.4 Å². The minimum Gasteiger partial charge on any atom is -0.493 e. The molecule has 67 heavy (non-hydrogen) atoms. The standard InChI is InChI=1S/C46H77N3O5.C11H23NO/c1-5-7-8-22-47(21-6-2)23-9-14-32-54-46-38-42(19-20-44(46)52-30-12-10-24-48-26-33-50-34-27-48)17-15-40(3)37-43-18-16-41(4)45(39-43)53-31-13-11-25-49-28-35-51-36-29-49;1-2-3-4-5-6-7-12-8-10-13-11-9-12/h16,18-20,38-40H,5-15,17,21-37H2,1-4H3;2-11H2,1H3.